The van der Waals surface area contributed by atoms with E-state index < -0.39 is 11.4 Å². The Balaban J connectivity index is 1.46. The molecule has 0 bridgehead atoms. The number of benzene rings is 2. The highest BCUT2D eigenvalue weighted by atomic mass is 32.2. The van der Waals surface area contributed by atoms with Crippen LogP contribution in [0.5, 0.6) is 5.75 Å². The predicted octanol–water partition coefficient (Wildman–Crippen LogP) is 4.46. The van der Waals surface area contributed by atoms with Gasteiger partial charge in [0.15, 0.2) is 6.10 Å². The summed E-state index contributed by atoms with van der Waals surface area (Å²) in [6.07, 6.45) is 1.51. The molecule has 0 saturated heterocycles. The molecule has 0 radical (unpaired) electrons. The first kappa shape index (κ1) is 19.4. The van der Waals surface area contributed by atoms with E-state index in [-0.39, 0.29) is 28.9 Å². The number of aromatic nitrogens is 2. The number of halogens is 1. The average molecular weight is 413 g/mol. The Morgan fingerprint density at radius 1 is 1.17 bits per heavy atom. The molecule has 1 aromatic heterocycles. The number of carbonyl (C=O) groups excluding carboxylic acids is 1. The summed E-state index contributed by atoms with van der Waals surface area (Å²) in [6.45, 7) is 1.76. The molecule has 2 atom stereocenters. The lowest BCUT2D eigenvalue weighted by molar-refractivity contribution is -0.120. The number of hydrogen-bond acceptors (Lipinski definition) is 6. The summed E-state index contributed by atoms with van der Waals surface area (Å²) in [6, 6.07) is 15.5. The number of nitrogens with one attached hydrogen (secondary N) is 1. The van der Waals surface area contributed by atoms with E-state index in [0.29, 0.717) is 5.75 Å². The summed E-state index contributed by atoms with van der Waals surface area (Å²) in [5, 5.41) is 10.9. The molecule has 8 heteroatoms. The minimum Gasteiger partial charge on any atom is -0.481 e. The van der Waals surface area contributed by atoms with Crippen LogP contribution in [0.4, 0.5) is 4.39 Å². The van der Waals surface area contributed by atoms with Gasteiger partial charge in [-0.15, -0.1) is 10.2 Å². The number of rotatable bonds is 8. The van der Waals surface area contributed by atoms with Crippen LogP contribution in [0.3, 0.4) is 0 Å². The van der Waals surface area contributed by atoms with E-state index >= 15 is 0 Å². The number of carbonyl (C=O) groups is 1. The van der Waals surface area contributed by atoms with Crippen LogP contribution in [0.25, 0.3) is 0 Å². The quantitative estimate of drug-likeness (QED) is 0.550. The maximum Gasteiger partial charge on any atom is 0.277 e. The highest BCUT2D eigenvalue weighted by Crippen LogP contribution is 2.36. The van der Waals surface area contributed by atoms with Crippen molar-refractivity contribution >= 4 is 17.7 Å². The van der Waals surface area contributed by atoms with E-state index in [1.165, 1.54) is 36.0 Å². The second-order valence-corrected chi connectivity index (χ2v) is 7.87. The Labute approximate surface area is 171 Å². The molecule has 0 spiro atoms. The van der Waals surface area contributed by atoms with Gasteiger partial charge in [-0.05, 0) is 61.4 Å². The molecular formula is C21H20FN3O3S. The molecule has 2 aromatic carbocycles. The van der Waals surface area contributed by atoms with E-state index in [9.17, 15) is 9.18 Å². The number of thioether (sulfide) groups is 1. The third-order valence-electron chi connectivity index (χ3n) is 4.38. The van der Waals surface area contributed by atoms with Gasteiger partial charge in [-0.3, -0.25) is 4.79 Å². The van der Waals surface area contributed by atoms with Crippen molar-refractivity contribution in [2.75, 3.05) is 0 Å². The number of ether oxygens (including phenoxy) is 1. The van der Waals surface area contributed by atoms with E-state index in [0.717, 1.165) is 18.4 Å². The summed E-state index contributed by atoms with van der Waals surface area (Å²) < 4.78 is 24.5. The van der Waals surface area contributed by atoms with Crippen LogP contribution in [-0.4, -0.2) is 22.1 Å². The molecule has 1 heterocycles. The fourth-order valence-corrected chi connectivity index (χ4v) is 3.60. The Hall–Kier alpha value is -2.87. The second-order valence-electron chi connectivity index (χ2n) is 6.81. The number of amides is 1. The molecule has 0 unspecified atom stereocenters. The lowest BCUT2D eigenvalue weighted by Gasteiger charge is -2.15. The average Bonchev–Trinajstić information content (AvgIpc) is 3.41. The SMILES string of the molecule is C[C@@H](Oc1ccc(F)cc1)c1nnc(S[C@H](C(=O)NC2CC2)c2ccccc2)o1. The summed E-state index contributed by atoms with van der Waals surface area (Å²) in [7, 11) is 0. The van der Waals surface area contributed by atoms with Crippen molar-refractivity contribution in [3.8, 4) is 5.75 Å². The third-order valence-corrected chi connectivity index (χ3v) is 5.47. The second kappa shape index (κ2) is 8.65. The Morgan fingerprint density at radius 3 is 2.59 bits per heavy atom. The van der Waals surface area contributed by atoms with Gasteiger partial charge in [0.05, 0.1) is 0 Å². The van der Waals surface area contributed by atoms with Crippen molar-refractivity contribution in [1.82, 2.24) is 15.5 Å². The molecule has 3 aromatic rings. The van der Waals surface area contributed by atoms with E-state index in [1.807, 2.05) is 30.3 Å². The molecule has 0 aliphatic heterocycles. The molecule has 4 rings (SSSR count). The van der Waals surface area contributed by atoms with Gasteiger partial charge < -0.3 is 14.5 Å². The smallest absolute Gasteiger partial charge is 0.277 e. The molecule has 1 fully saturated rings. The van der Waals surface area contributed by atoms with Gasteiger partial charge in [-0.25, -0.2) is 4.39 Å². The van der Waals surface area contributed by atoms with Gasteiger partial charge >= 0.3 is 0 Å². The van der Waals surface area contributed by atoms with Crippen LogP contribution < -0.4 is 10.1 Å². The Morgan fingerprint density at radius 2 is 1.90 bits per heavy atom. The van der Waals surface area contributed by atoms with Gasteiger partial charge in [-0.1, -0.05) is 30.3 Å². The molecule has 1 aliphatic carbocycles. The fourth-order valence-electron chi connectivity index (χ4n) is 2.71. The summed E-state index contributed by atoms with van der Waals surface area (Å²) >= 11 is 1.21. The molecule has 1 amide bonds. The van der Waals surface area contributed by atoms with Gasteiger partial charge in [0.25, 0.3) is 11.1 Å². The largest absolute Gasteiger partial charge is 0.481 e. The van der Waals surface area contributed by atoms with Gasteiger partial charge in [0.2, 0.25) is 5.91 Å². The lowest BCUT2D eigenvalue weighted by atomic mass is 10.1. The molecule has 29 heavy (non-hydrogen) atoms. The zero-order valence-electron chi connectivity index (χ0n) is 15.7. The molecule has 150 valence electrons. The molecule has 1 saturated carbocycles. The summed E-state index contributed by atoms with van der Waals surface area (Å²) in [4.78, 5) is 12.7. The van der Waals surface area contributed by atoms with Crippen molar-refractivity contribution < 1.29 is 18.3 Å². The highest BCUT2D eigenvalue weighted by molar-refractivity contribution is 8.00. The van der Waals surface area contributed by atoms with Crippen molar-refractivity contribution in [3.63, 3.8) is 0 Å². The monoisotopic (exact) mass is 413 g/mol. The first-order valence-electron chi connectivity index (χ1n) is 9.36. The predicted molar refractivity (Wildman–Crippen MR) is 106 cm³/mol. The highest BCUT2D eigenvalue weighted by Gasteiger charge is 2.30. The summed E-state index contributed by atoms with van der Waals surface area (Å²) in [5.41, 5.74) is 0.867. The van der Waals surface area contributed by atoms with E-state index in [4.69, 9.17) is 9.15 Å². The molecule has 6 nitrogen and oxygen atoms in total. The summed E-state index contributed by atoms with van der Waals surface area (Å²) in [5.74, 6) is 0.375. The van der Waals surface area contributed by atoms with Crippen LogP contribution >= 0.6 is 11.8 Å². The van der Waals surface area contributed by atoms with Crippen molar-refractivity contribution in [2.45, 2.75) is 42.4 Å². The number of nitrogens with zero attached hydrogens (tertiary/aromatic N) is 2. The zero-order chi connectivity index (χ0) is 20.2. The van der Waals surface area contributed by atoms with Gasteiger partial charge in [0, 0.05) is 6.04 Å². The Kier molecular flexibility index (Phi) is 5.80. The third kappa shape index (κ3) is 5.14. The Bertz CT molecular complexity index is 961. The zero-order valence-corrected chi connectivity index (χ0v) is 16.6. The van der Waals surface area contributed by atoms with E-state index in [1.54, 1.807) is 6.92 Å². The molecule has 1 N–H and O–H groups in total. The minimum atomic E-state index is -0.516. The number of hydrogen-bond donors (Lipinski definition) is 1. The molecule has 1 aliphatic rings. The van der Waals surface area contributed by atoms with Crippen molar-refractivity contribution in [3.05, 3.63) is 71.9 Å². The van der Waals surface area contributed by atoms with Crippen LogP contribution in [-0.2, 0) is 4.79 Å². The maximum atomic E-state index is 13.0. The standard InChI is InChI=1S/C21H20FN3O3S/c1-13(27-17-11-7-15(22)8-12-17)20-24-25-21(28-20)29-18(14-5-3-2-4-6-14)19(26)23-16-9-10-16/h2-8,11-13,16,18H,9-10H2,1H3,(H,23,26)/t13-,18+/m1/s1. The van der Waals surface area contributed by atoms with Crippen LogP contribution in [0.15, 0.2) is 64.2 Å². The van der Waals surface area contributed by atoms with Crippen LogP contribution in [0.2, 0.25) is 0 Å². The van der Waals surface area contributed by atoms with E-state index in [2.05, 4.69) is 15.5 Å². The van der Waals surface area contributed by atoms with Gasteiger partial charge in [-0.2, -0.15) is 0 Å². The fraction of sp³-hybridized carbons (Fsp3) is 0.286. The first-order chi connectivity index (χ1) is 14.1. The minimum absolute atomic E-state index is 0.0703. The molecular weight excluding hydrogens is 393 g/mol. The first-order valence-corrected chi connectivity index (χ1v) is 10.2. The van der Waals surface area contributed by atoms with Gasteiger partial charge in [0.1, 0.15) is 16.8 Å². The topological polar surface area (TPSA) is 77.2 Å². The van der Waals surface area contributed by atoms with Crippen LogP contribution in [0, 0.1) is 5.82 Å². The van der Waals surface area contributed by atoms with Crippen molar-refractivity contribution in [2.24, 2.45) is 0 Å². The lowest BCUT2D eigenvalue weighted by Crippen LogP contribution is -2.29. The maximum absolute atomic E-state index is 13.0. The van der Waals surface area contributed by atoms with Crippen LogP contribution in [0.1, 0.15) is 42.6 Å². The normalized spacial score (nSPS) is 15.5. The van der Waals surface area contributed by atoms with Crippen molar-refractivity contribution in [1.29, 1.82) is 0 Å².